The third-order valence-electron chi connectivity index (χ3n) is 6.39. The molecule has 2 aliphatic rings. The van der Waals surface area contributed by atoms with Crippen LogP contribution in [0.2, 0.25) is 0 Å². The number of hydrogen-bond acceptors (Lipinski definition) is 4. The zero-order valence-corrected chi connectivity index (χ0v) is 18.5. The van der Waals surface area contributed by atoms with Gasteiger partial charge < -0.3 is 10.2 Å². The summed E-state index contributed by atoms with van der Waals surface area (Å²) in [4.78, 5) is 4.85. The summed E-state index contributed by atoms with van der Waals surface area (Å²) in [5, 5.41) is 19.3. The predicted molar refractivity (Wildman–Crippen MR) is 123 cm³/mol. The van der Waals surface area contributed by atoms with Gasteiger partial charge >= 0.3 is 0 Å². The fraction of sp³-hybridized carbons (Fsp3) is 0.538. The van der Waals surface area contributed by atoms with E-state index in [1.807, 2.05) is 12.1 Å². The fourth-order valence-electron chi connectivity index (χ4n) is 4.41. The molecule has 0 aliphatic carbocycles. The van der Waals surface area contributed by atoms with Crippen molar-refractivity contribution in [3.63, 3.8) is 0 Å². The standard InChI is InChI=1S/2C13H19NO/c2*1-11-9-14(8-7-13(11)15)10-12-5-3-2-4-6-12/h2*2-6,11,13,15H,7-10H2,1H3/t2*11-,13+/m10/s1. The highest BCUT2D eigenvalue weighted by Gasteiger charge is 2.24. The van der Waals surface area contributed by atoms with Crippen LogP contribution in [0.25, 0.3) is 0 Å². The van der Waals surface area contributed by atoms with Crippen LogP contribution in [0.4, 0.5) is 0 Å². The number of piperidine rings is 2. The van der Waals surface area contributed by atoms with Gasteiger partial charge in [-0.2, -0.15) is 0 Å². The molecule has 0 amide bonds. The van der Waals surface area contributed by atoms with Crippen LogP contribution in [0, 0.1) is 11.8 Å². The lowest BCUT2D eigenvalue weighted by molar-refractivity contribution is 0.0319. The van der Waals surface area contributed by atoms with Crippen molar-refractivity contribution in [1.29, 1.82) is 0 Å². The monoisotopic (exact) mass is 410 g/mol. The highest BCUT2D eigenvalue weighted by atomic mass is 16.3. The van der Waals surface area contributed by atoms with Crippen molar-refractivity contribution in [2.45, 2.75) is 52.0 Å². The van der Waals surface area contributed by atoms with Crippen molar-refractivity contribution >= 4 is 0 Å². The molecule has 0 bridgehead atoms. The Kier molecular flexibility index (Phi) is 8.88. The van der Waals surface area contributed by atoms with Crippen LogP contribution in [0.1, 0.15) is 37.8 Å². The number of nitrogens with zero attached hydrogens (tertiary/aromatic N) is 2. The predicted octanol–water partition coefficient (Wildman–Crippen LogP) is 3.78. The van der Waals surface area contributed by atoms with Gasteiger partial charge in [-0.3, -0.25) is 9.80 Å². The van der Waals surface area contributed by atoms with E-state index in [1.165, 1.54) is 11.1 Å². The average Bonchev–Trinajstić information content (AvgIpc) is 2.75. The zero-order valence-electron chi connectivity index (χ0n) is 18.5. The van der Waals surface area contributed by atoms with E-state index in [9.17, 15) is 10.2 Å². The first-order chi connectivity index (χ1) is 14.5. The van der Waals surface area contributed by atoms with Crippen LogP contribution in [-0.2, 0) is 13.1 Å². The summed E-state index contributed by atoms with van der Waals surface area (Å²) in [6.07, 6.45) is 1.62. The number of likely N-dealkylation sites (tertiary alicyclic amines) is 2. The van der Waals surface area contributed by atoms with Crippen LogP contribution in [0.15, 0.2) is 60.7 Å². The van der Waals surface area contributed by atoms with Gasteiger partial charge in [0.25, 0.3) is 0 Å². The van der Waals surface area contributed by atoms with Crippen molar-refractivity contribution in [3.05, 3.63) is 71.8 Å². The maximum Gasteiger partial charge on any atom is 0.0590 e. The normalized spacial score (nSPS) is 27.9. The van der Waals surface area contributed by atoms with E-state index < -0.39 is 0 Å². The molecule has 164 valence electrons. The lowest BCUT2D eigenvalue weighted by Gasteiger charge is -2.34. The molecule has 4 nitrogen and oxygen atoms in total. The number of aliphatic hydroxyl groups excluding tert-OH is 2. The summed E-state index contributed by atoms with van der Waals surface area (Å²) in [5.74, 6) is 0.810. The molecule has 0 radical (unpaired) electrons. The topological polar surface area (TPSA) is 46.9 Å². The smallest absolute Gasteiger partial charge is 0.0590 e. The molecule has 2 fully saturated rings. The molecule has 2 aromatic rings. The molecule has 30 heavy (non-hydrogen) atoms. The minimum atomic E-state index is -0.1000. The Morgan fingerprint density at radius 2 is 1.03 bits per heavy atom. The molecule has 4 rings (SSSR count). The lowest BCUT2D eigenvalue weighted by Crippen LogP contribution is -2.41. The molecule has 0 saturated carbocycles. The first kappa shape index (κ1) is 23.0. The fourth-order valence-corrected chi connectivity index (χ4v) is 4.41. The molecular formula is C26H38N2O2. The van der Waals surface area contributed by atoms with E-state index in [2.05, 4.69) is 72.2 Å². The van der Waals surface area contributed by atoms with E-state index in [4.69, 9.17) is 0 Å². The van der Waals surface area contributed by atoms with E-state index in [1.54, 1.807) is 0 Å². The molecule has 4 heteroatoms. The van der Waals surface area contributed by atoms with Crippen molar-refractivity contribution in [3.8, 4) is 0 Å². The van der Waals surface area contributed by atoms with E-state index in [-0.39, 0.29) is 12.2 Å². The third kappa shape index (κ3) is 7.21. The van der Waals surface area contributed by atoms with Gasteiger partial charge in [-0.25, -0.2) is 0 Å². The second-order valence-corrected chi connectivity index (χ2v) is 9.11. The van der Waals surface area contributed by atoms with Crippen molar-refractivity contribution in [1.82, 2.24) is 9.80 Å². The lowest BCUT2D eigenvalue weighted by atomic mass is 9.96. The summed E-state index contributed by atoms with van der Waals surface area (Å²) in [5.41, 5.74) is 2.72. The van der Waals surface area contributed by atoms with Gasteiger partial charge in [0.1, 0.15) is 0 Å². The number of aliphatic hydroxyl groups is 2. The van der Waals surface area contributed by atoms with Gasteiger partial charge in [-0.15, -0.1) is 0 Å². The van der Waals surface area contributed by atoms with Crippen LogP contribution >= 0.6 is 0 Å². The molecular weight excluding hydrogens is 372 g/mol. The molecule has 2 aromatic carbocycles. The van der Waals surface area contributed by atoms with Gasteiger partial charge in [0.15, 0.2) is 0 Å². The van der Waals surface area contributed by atoms with Crippen LogP contribution in [-0.4, -0.2) is 58.4 Å². The van der Waals surface area contributed by atoms with Crippen LogP contribution in [0.5, 0.6) is 0 Å². The second kappa shape index (κ2) is 11.6. The molecule has 2 saturated heterocycles. The Hall–Kier alpha value is -1.72. The molecule has 2 N–H and O–H groups in total. The summed E-state index contributed by atoms with van der Waals surface area (Å²) in [6, 6.07) is 21.1. The first-order valence-electron chi connectivity index (χ1n) is 11.4. The SMILES string of the molecule is C[C@@H]1CN(Cc2ccccc2)CC[C@@H]1O.C[C@H]1CN(Cc2ccccc2)CC[C@H]1O. The highest BCUT2D eigenvalue weighted by Crippen LogP contribution is 2.19. The summed E-state index contributed by atoms with van der Waals surface area (Å²) in [7, 11) is 0. The van der Waals surface area contributed by atoms with Gasteiger partial charge in [0.05, 0.1) is 12.2 Å². The Balaban J connectivity index is 0.000000171. The molecule has 0 aromatic heterocycles. The molecule has 0 unspecified atom stereocenters. The van der Waals surface area contributed by atoms with Gasteiger partial charge in [0, 0.05) is 39.3 Å². The Morgan fingerprint density at radius 3 is 1.37 bits per heavy atom. The van der Waals surface area contributed by atoms with E-state index in [0.717, 1.165) is 52.1 Å². The van der Waals surface area contributed by atoms with Gasteiger partial charge in [-0.05, 0) is 35.8 Å². The van der Waals surface area contributed by atoms with Crippen molar-refractivity contribution < 1.29 is 10.2 Å². The number of rotatable bonds is 4. The molecule has 0 spiro atoms. The maximum atomic E-state index is 9.63. The third-order valence-corrected chi connectivity index (χ3v) is 6.39. The average molecular weight is 411 g/mol. The molecule has 4 atom stereocenters. The summed E-state index contributed by atoms with van der Waals surface area (Å²) in [6.45, 7) is 10.3. The maximum absolute atomic E-state index is 9.63. The number of hydrogen-bond donors (Lipinski definition) is 2. The summed E-state index contributed by atoms with van der Waals surface area (Å²) < 4.78 is 0. The molecule has 2 aliphatic heterocycles. The quantitative estimate of drug-likeness (QED) is 0.805. The zero-order chi connectivity index (χ0) is 21.3. The minimum absolute atomic E-state index is 0.1000. The van der Waals surface area contributed by atoms with Crippen LogP contribution < -0.4 is 0 Å². The minimum Gasteiger partial charge on any atom is -0.393 e. The van der Waals surface area contributed by atoms with E-state index >= 15 is 0 Å². The second-order valence-electron chi connectivity index (χ2n) is 9.11. The number of benzene rings is 2. The highest BCUT2D eigenvalue weighted by molar-refractivity contribution is 5.15. The van der Waals surface area contributed by atoms with Crippen molar-refractivity contribution in [2.24, 2.45) is 11.8 Å². The Labute approximate surface area is 182 Å². The Morgan fingerprint density at radius 1 is 0.667 bits per heavy atom. The van der Waals surface area contributed by atoms with Crippen LogP contribution in [0.3, 0.4) is 0 Å². The van der Waals surface area contributed by atoms with Gasteiger partial charge in [0.2, 0.25) is 0 Å². The molecule has 2 heterocycles. The van der Waals surface area contributed by atoms with Crippen molar-refractivity contribution in [2.75, 3.05) is 26.2 Å². The largest absolute Gasteiger partial charge is 0.393 e. The summed E-state index contributed by atoms with van der Waals surface area (Å²) >= 11 is 0. The van der Waals surface area contributed by atoms with Gasteiger partial charge in [-0.1, -0.05) is 74.5 Å². The first-order valence-corrected chi connectivity index (χ1v) is 11.4. The Bertz CT molecular complexity index is 661. The van der Waals surface area contributed by atoms with E-state index in [0.29, 0.717) is 11.8 Å².